The van der Waals surface area contributed by atoms with Crippen LogP contribution < -0.4 is 0 Å². The predicted octanol–water partition coefficient (Wildman–Crippen LogP) is 3.00. The molecule has 1 aliphatic carbocycles. The molecule has 3 heteroatoms. The minimum absolute atomic E-state index is 0.325. The molecule has 14 heavy (non-hydrogen) atoms. The van der Waals surface area contributed by atoms with Crippen LogP contribution in [0.25, 0.3) is 0 Å². The summed E-state index contributed by atoms with van der Waals surface area (Å²) in [7, 11) is 0. The topological polar surface area (TPSA) is 33.1 Å². The molecule has 1 unspecified atom stereocenters. The zero-order valence-electron chi connectivity index (χ0n) is 8.52. The van der Waals surface area contributed by atoms with E-state index in [9.17, 15) is 5.11 Å². The van der Waals surface area contributed by atoms with Crippen molar-refractivity contribution in [1.82, 2.24) is 4.37 Å². The summed E-state index contributed by atoms with van der Waals surface area (Å²) in [5, 5.41) is 12.0. The van der Waals surface area contributed by atoms with Crippen molar-refractivity contribution in [2.75, 3.05) is 0 Å². The summed E-state index contributed by atoms with van der Waals surface area (Å²) in [6.07, 6.45) is 4.49. The fourth-order valence-corrected chi connectivity index (χ4v) is 2.77. The molecule has 0 amide bonds. The Labute approximate surface area is 89.1 Å². The number of aliphatic hydroxyl groups excluding tert-OH is 1. The Morgan fingerprint density at radius 1 is 1.43 bits per heavy atom. The molecule has 1 aliphatic rings. The monoisotopic (exact) mass is 211 g/mol. The fraction of sp³-hybridized carbons (Fsp3) is 0.727. The van der Waals surface area contributed by atoms with E-state index in [1.165, 1.54) is 24.4 Å². The molecule has 1 heterocycles. The molecular formula is C11H17NOS. The minimum Gasteiger partial charge on any atom is -0.386 e. The first kappa shape index (κ1) is 10.1. The molecular weight excluding hydrogens is 194 g/mol. The lowest BCUT2D eigenvalue weighted by atomic mass is 9.79. The number of aliphatic hydroxyl groups is 1. The van der Waals surface area contributed by atoms with Crippen LogP contribution in [-0.2, 0) is 0 Å². The van der Waals surface area contributed by atoms with Crippen LogP contribution in [0, 0.1) is 11.8 Å². The van der Waals surface area contributed by atoms with Gasteiger partial charge in [0.05, 0.1) is 11.8 Å². The van der Waals surface area contributed by atoms with Gasteiger partial charge >= 0.3 is 0 Å². The van der Waals surface area contributed by atoms with Gasteiger partial charge in [0, 0.05) is 5.38 Å². The van der Waals surface area contributed by atoms with Crippen molar-refractivity contribution in [1.29, 1.82) is 0 Å². The van der Waals surface area contributed by atoms with Gasteiger partial charge in [0.2, 0.25) is 0 Å². The highest BCUT2D eigenvalue weighted by Crippen LogP contribution is 2.36. The fourth-order valence-electron chi connectivity index (χ4n) is 2.22. The van der Waals surface area contributed by atoms with E-state index in [0.29, 0.717) is 5.92 Å². The summed E-state index contributed by atoms with van der Waals surface area (Å²) >= 11 is 1.42. The predicted molar refractivity (Wildman–Crippen MR) is 58.2 cm³/mol. The van der Waals surface area contributed by atoms with Crippen LogP contribution in [0.4, 0.5) is 0 Å². The molecule has 78 valence electrons. The third-order valence-electron chi connectivity index (χ3n) is 3.27. The Hall–Kier alpha value is -0.410. The average Bonchev–Trinajstić information content (AvgIpc) is 2.71. The molecule has 0 aliphatic heterocycles. The smallest absolute Gasteiger partial charge is 0.0998 e. The lowest BCUT2D eigenvalue weighted by Crippen LogP contribution is -2.19. The van der Waals surface area contributed by atoms with Crippen LogP contribution in [-0.4, -0.2) is 9.48 Å². The highest BCUT2D eigenvalue weighted by atomic mass is 32.1. The molecule has 0 saturated heterocycles. The Bertz CT molecular complexity index is 265. The molecule has 0 radical (unpaired) electrons. The van der Waals surface area contributed by atoms with Crippen molar-refractivity contribution in [3.05, 3.63) is 17.1 Å². The van der Waals surface area contributed by atoms with Crippen molar-refractivity contribution >= 4 is 11.5 Å². The first-order valence-corrected chi connectivity index (χ1v) is 6.19. The molecule has 1 fully saturated rings. The molecule has 1 aromatic rings. The first-order chi connectivity index (χ1) is 6.77. The van der Waals surface area contributed by atoms with Gasteiger partial charge in [-0.3, -0.25) is 0 Å². The quantitative estimate of drug-likeness (QED) is 0.815. The van der Waals surface area contributed by atoms with Gasteiger partial charge in [-0.05, 0) is 42.3 Å². The third-order valence-corrected chi connectivity index (χ3v) is 3.84. The van der Waals surface area contributed by atoms with E-state index in [2.05, 4.69) is 11.3 Å². The summed E-state index contributed by atoms with van der Waals surface area (Å²) in [6, 6.07) is 1.94. The minimum atomic E-state index is -0.325. The van der Waals surface area contributed by atoms with E-state index in [4.69, 9.17) is 0 Å². The standard InChI is InChI=1S/C11H17NOS/c1-8-2-4-9(5-3-8)11(13)10-6-7-14-12-10/h6-9,11,13H,2-5H2,1H3. The molecule has 1 saturated carbocycles. The summed E-state index contributed by atoms with van der Waals surface area (Å²) in [4.78, 5) is 0. The number of aromatic nitrogens is 1. The second kappa shape index (κ2) is 4.41. The summed E-state index contributed by atoms with van der Waals surface area (Å²) in [6.45, 7) is 2.30. The van der Waals surface area contributed by atoms with Gasteiger partial charge in [-0.15, -0.1) is 0 Å². The van der Waals surface area contributed by atoms with Gasteiger partial charge in [-0.1, -0.05) is 19.8 Å². The highest BCUT2D eigenvalue weighted by Gasteiger charge is 2.26. The lowest BCUT2D eigenvalue weighted by Gasteiger charge is -2.28. The number of hydrogen-bond donors (Lipinski definition) is 1. The molecule has 1 aromatic heterocycles. The molecule has 1 atom stereocenters. The molecule has 2 rings (SSSR count). The number of rotatable bonds is 2. The Morgan fingerprint density at radius 3 is 2.71 bits per heavy atom. The number of nitrogens with zero attached hydrogens (tertiary/aromatic N) is 1. The summed E-state index contributed by atoms with van der Waals surface area (Å²) < 4.78 is 4.20. The van der Waals surface area contributed by atoms with E-state index < -0.39 is 0 Å². The van der Waals surface area contributed by atoms with Gasteiger partial charge in [-0.25, -0.2) is 0 Å². The van der Waals surface area contributed by atoms with Crippen molar-refractivity contribution in [2.24, 2.45) is 11.8 Å². The molecule has 2 nitrogen and oxygen atoms in total. The van der Waals surface area contributed by atoms with Crippen molar-refractivity contribution in [3.63, 3.8) is 0 Å². The van der Waals surface area contributed by atoms with Crippen LogP contribution in [0.2, 0.25) is 0 Å². The maximum absolute atomic E-state index is 10.1. The second-order valence-corrected chi connectivity index (χ2v) is 5.05. The van der Waals surface area contributed by atoms with Crippen LogP contribution in [0.1, 0.15) is 44.4 Å². The Kier molecular flexibility index (Phi) is 3.19. The van der Waals surface area contributed by atoms with Gasteiger partial charge in [0.25, 0.3) is 0 Å². The third kappa shape index (κ3) is 2.15. The first-order valence-electron chi connectivity index (χ1n) is 5.35. The molecule has 0 bridgehead atoms. The maximum atomic E-state index is 10.1. The van der Waals surface area contributed by atoms with E-state index in [1.54, 1.807) is 0 Å². The zero-order valence-corrected chi connectivity index (χ0v) is 9.33. The van der Waals surface area contributed by atoms with Gasteiger partial charge in [0.15, 0.2) is 0 Å². The average molecular weight is 211 g/mol. The van der Waals surface area contributed by atoms with E-state index in [-0.39, 0.29) is 6.10 Å². The van der Waals surface area contributed by atoms with E-state index in [0.717, 1.165) is 24.5 Å². The van der Waals surface area contributed by atoms with E-state index >= 15 is 0 Å². The van der Waals surface area contributed by atoms with Crippen LogP contribution in [0.3, 0.4) is 0 Å². The van der Waals surface area contributed by atoms with E-state index in [1.807, 2.05) is 11.4 Å². The Morgan fingerprint density at radius 2 is 2.14 bits per heavy atom. The molecule has 1 N–H and O–H groups in total. The highest BCUT2D eigenvalue weighted by molar-refractivity contribution is 7.03. The zero-order chi connectivity index (χ0) is 9.97. The molecule has 0 spiro atoms. The van der Waals surface area contributed by atoms with Gasteiger partial charge < -0.3 is 5.11 Å². The van der Waals surface area contributed by atoms with Crippen molar-refractivity contribution in [2.45, 2.75) is 38.7 Å². The lowest BCUT2D eigenvalue weighted by molar-refractivity contribution is 0.0729. The van der Waals surface area contributed by atoms with Gasteiger partial charge in [0.1, 0.15) is 0 Å². The van der Waals surface area contributed by atoms with Gasteiger partial charge in [-0.2, -0.15) is 4.37 Å². The van der Waals surface area contributed by atoms with Crippen LogP contribution in [0.15, 0.2) is 11.4 Å². The summed E-state index contributed by atoms with van der Waals surface area (Å²) in [5.74, 6) is 1.28. The number of hydrogen-bond acceptors (Lipinski definition) is 3. The SMILES string of the molecule is CC1CCC(C(O)c2ccsn2)CC1. The maximum Gasteiger partial charge on any atom is 0.0998 e. The van der Waals surface area contributed by atoms with Crippen molar-refractivity contribution in [3.8, 4) is 0 Å². The summed E-state index contributed by atoms with van der Waals surface area (Å²) in [5.41, 5.74) is 0.870. The van der Waals surface area contributed by atoms with Crippen LogP contribution >= 0.6 is 11.5 Å². The molecule has 0 aromatic carbocycles. The van der Waals surface area contributed by atoms with Crippen LogP contribution in [0.5, 0.6) is 0 Å². The normalized spacial score (nSPS) is 30.1. The second-order valence-electron chi connectivity index (χ2n) is 4.39. The largest absolute Gasteiger partial charge is 0.386 e. The van der Waals surface area contributed by atoms with Crippen molar-refractivity contribution < 1.29 is 5.11 Å². The Balaban J connectivity index is 1.95.